The van der Waals surface area contributed by atoms with Gasteiger partial charge < -0.3 is 39.5 Å². The van der Waals surface area contributed by atoms with Gasteiger partial charge in [0, 0.05) is 251 Å². The van der Waals surface area contributed by atoms with Gasteiger partial charge in [-0.1, -0.05) is 231 Å². The minimum Gasteiger partial charge on any atom is -0.467 e. The Labute approximate surface area is 753 Å². The van der Waals surface area contributed by atoms with E-state index in [-0.39, 0.29) is 42.1 Å². The summed E-state index contributed by atoms with van der Waals surface area (Å²) < 4.78 is 32.7. The van der Waals surface area contributed by atoms with Crippen molar-refractivity contribution in [1.29, 1.82) is 0 Å². The standard InChI is InChI=1S/C19H19N3O2S.C19H17N3O.C18H17N5O2.C15H18N4O.C14H16N4O.C14H15N3O/c23-25(24,14-15-7-3-1-4-8-15)22-12-11-18-17(13-22)19(21-20-18)16-9-5-2-6-10-16;23-19(15-9-5-2-6-10-15)22-12-11-17-16(13-22)18(21-20-17)14-7-3-1-4-8-14;24-17(11-25-16-6-8-19-12-20-16)23-9-7-15-14(10-23)18(22-21-15)13-4-2-1-3-5-13;1-18(2)15(20)19-9-8-13-12(10-19)14(17-16-13)11-6-4-3-5-7-11;1-15-14(19)18-8-7-12-11(9-18)13(17-16-12)10-5-3-2-4-6-10;1-10(18)17-8-7-13-12(9-17)14(16-15-13)11-5-3-2-4-6-11/h1-10H,11-14H2,(H,20,21);1-10H,11-13H2,(H,20,21);1-6,8,12H,7,9-11H2,(H,21,22);3-7H,8-10H2,1-2H3,(H,16,17);2-6H,7-9H2,1H3,(H,15,19)(H,16,17);2-6H,7-9H2,1H3,(H,15,16). The Morgan fingerprint density at radius 2 is 0.700 bits per heavy atom. The maximum Gasteiger partial charge on any atom is 0.319 e. The summed E-state index contributed by atoms with van der Waals surface area (Å²) in [6, 6.07) is 80.6. The molecule has 0 fully saturated rings. The van der Waals surface area contributed by atoms with E-state index in [0.717, 1.165) is 204 Å². The Morgan fingerprint density at radius 1 is 0.385 bits per heavy atom. The highest BCUT2D eigenvalue weighted by atomic mass is 32.2. The molecule has 662 valence electrons. The molecule has 13 heterocycles. The van der Waals surface area contributed by atoms with Gasteiger partial charge in [-0.05, 0) is 17.7 Å². The highest BCUT2D eigenvalue weighted by molar-refractivity contribution is 7.88. The van der Waals surface area contributed by atoms with Crippen LogP contribution < -0.4 is 10.1 Å². The molecule has 0 aliphatic carbocycles. The molecule has 31 heteroatoms. The molecule has 8 aromatic carbocycles. The minimum atomic E-state index is -3.36. The largest absolute Gasteiger partial charge is 0.467 e. The second-order valence-corrected chi connectivity index (χ2v) is 34.2. The lowest BCUT2D eigenvalue weighted by Crippen LogP contribution is -2.42. The van der Waals surface area contributed by atoms with E-state index in [1.54, 1.807) is 54.4 Å². The third kappa shape index (κ3) is 21.0. The molecule has 6 aliphatic rings. The highest BCUT2D eigenvalue weighted by Crippen LogP contribution is 2.36. The number of hydrogen-bond acceptors (Lipinski definition) is 16. The van der Waals surface area contributed by atoms with Crippen molar-refractivity contribution in [2.75, 3.05) is 67.0 Å². The number of fused-ring (bicyclic) bond motifs is 6. The number of hydrogen-bond donors (Lipinski definition) is 7. The average Bonchev–Trinajstić information content (AvgIpc) is 1.69. The number of carbonyl (C=O) groups excluding carboxylic acids is 5. The lowest BCUT2D eigenvalue weighted by atomic mass is 10.0. The predicted molar refractivity (Wildman–Crippen MR) is 495 cm³/mol. The van der Waals surface area contributed by atoms with Crippen molar-refractivity contribution in [3.63, 3.8) is 0 Å². The average molecular weight is 1760 g/mol. The number of benzene rings is 8. The van der Waals surface area contributed by atoms with Gasteiger partial charge in [0.05, 0.1) is 53.0 Å². The number of sulfonamides is 1. The second kappa shape index (κ2) is 41.5. The molecule has 0 saturated carbocycles. The zero-order valence-corrected chi connectivity index (χ0v) is 73.7. The van der Waals surface area contributed by atoms with Crippen LogP contribution in [0, 0.1) is 0 Å². The maximum atomic E-state index is 12.8. The first-order chi connectivity index (χ1) is 63.5. The monoisotopic (exact) mass is 1760 g/mol. The molecule has 6 aliphatic heterocycles. The lowest BCUT2D eigenvalue weighted by Gasteiger charge is -2.29. The van der Waals surface area contributed by atoms with E-state index in [9.17, 15) is 32.4 Å². The van der Waals surface area contributed by atoms with Gasteiger partial charge in [0.15, 0.2) is 6.61 Å². The number of amides is 7. The van der Waals surface area contributed by atoms with Crippen molar-refractivity contribution >= 4 is 39.8 Å². The Hall–Kier alpha value is -15.2. The van der Waals surface area contributed by atoms with Crippen LogP contribution in [0.3, 0.4) is 0 Å². The number of carbonyl (C=O) groups is 5. The number of nitrogens with zero attached hydrogens (tertiary/aromatic N) is 15. The van der Waals surface area contributed by atoms with Crippen molar-refractivity contribution in [2.24, 2.45) is 0 Å². The molecule has 0 saturated heterocycles. The summed E-state index contributed by atoms with van der Waals surface area (Å²) in [7, 11) is 1.86. The topological polar surface area (TPSA) is 361 Å². The molecule has 0 unspecified atom stereocenters. The number of aromatic nitrogens is 14. The molecule has 21 rings (SSSR count). The van der Waals surface area contributed by atoms with Gasteiger partial charge >= 0.3 is 12.1 Å². The molecule has 7 amide bonds. The summed E-state index contributed by atoms with van der Waals surface area (Å²) in [5.41, 5.74) is 26.8. The number of nitrogens with one attached hydrogen (secondary N) is 7. The number of aromatic amines is 6. The van der Waals surface area contributed by atoms with Crippen molar-refractivity contribution in [2.45, 2.75) is 90.5 Å². The van der Waals surface area contributed by atoms with Crippen LogP contribution in [-0.2, 0) is 103 Å². The van der Waals surface area contributed by atoms with Gasteiger partial charge in [-0.2, -0.15) is 34.9 Å². The van der Waals surface area contributed by atoms with E-state index in [2.05, 4.69) is 88.6 Å². The zero-order valence-electron chi connectivity index (χ0n) is 72.9. The molecule has 0 spiro atoms. The Bertz CT molecular complexity index is 6440. The van der Waals surface area contributed by atoms with Crippen molar-refractivity contribution in [3.05, 3.63) is 340 Å². The highest BCUT2D eigenvalue weighted by Gasteiger charge is 2.34. The van der Waals surface area contributed by atoms with Crippen molar-refractivity contribution in [1.82, 2.24) is 110 Å². The van der Waals surface area contributed by atoms with Gasteiger partial charge in [0.2, 0.25) is 21.8 Å². The number of rotatable bonds is 13. The number of ether oxygens (including phenoxy) is 1. The normalized spacial score (nSPS) is 14.1. The molecule has 0 bridgehead atoms. The lowest BCUT2D eigenvalue weighted by molar-refractivity contribution is -0.134. The van der Waals surface area contributed by atoms with Crippen molar-refractivity contribution < 1.29 is 37.1 Å². The van der Waals surface area contributed by atoms with Gasteiger partial charge in [-0.3, -0.25) is 45.0 Å². The zero-order chi connectivity index (χ0) is 89.9. The van der Waals surface area contributed by atoms with E-state index in [1.807, 2.05) is 250 Å². The Kier molecular flexibility index (Phi) is 28.1. The molecule has 0 radical (unpaired) electrons. The molecular formula is C99H102N22O8S. The molecule has 7 N–H and O–H groups in total. The van der Waals surface area contributed by atoms with Crippen LogP contribution in [0.2, 0.25) is 0 Å². The molecule has 0 atom stereocenters. The molecule has 130 heavy (non-hydrogen) atoms. The molecule has 15 aromatic rings. The van der Waals surface area contributed by atoms with E-state index in [4.69, 9.17) is 4.74 Å². The van der Waals surface area contributed by atoms with Gasteiger partial charge in [0.1, 0.15) is 6.33 Å². The molecule has 30 nitrogen and oxygen atoms in total. The van der Waals surface area contributed by atoms with Crippen LogP contribution in [0.5, 0.6) is 5.88 Å². The predicted octanol–water partition coefficient (Wildman–Crippen LogP) is 13.9. The first-order valence-electron chi connectivity index (χ1n) is 43.4. The fraction of sp³-hybridized carbons (Fsp3) is 0.242. The first-order valence-corrected chi connectivity index (χ1v) is 45.0. The molecular weight excluding hydrogens is 1660 g/mol. The minimum absolute atomic E-state index is 0.0295. The van der Waals surface area contributed by atoms with E-state index in [0.29, 0.717) is 64.7 Å². The summed E-state index contributed by atoms with van der Waals surface area (Å²) in [6.45, 7) is 9.05. The number of H-pyrrole nitrogens is 6. The number of urea groups is 2. The summed E-state index contributed by atoms with van der Waals surface area (Å²) in [5.74, 6) is 0.568. The second-order valence-electron chi connectivity index (χ2n) is 32.2. The maximum absolute atomic E-state index is 12.8. The quantitative estimate of drug-likeness (QED) is 0.0564. The first kappa shape index (κ1) is 88.2. The third-order valence-electron chi connectivity index (χ3n) is 23.6. The summed E-state index contributed by atoms with van der Waals surface area (Å²) in [5, 5.41) is 47.9. The van der Waals surface area contributed by atoms with Crippen LogP contribution in [0.15, 0.2) is 261 Å². The SMILES string of the molecule is CC(=O)N1CCc2[nH]nc(-c3ccccc3)c2C1.CN(C)C(=O)N1CCc2[nH]nc(-c3ccccc3)c2C1.CNC(=O)N1CCc2[nH]nc(-c3ccccc3)c2C1.O=C(COc1ccncn1)N1CCc2[nH]nc(-c3ccccc3)c2C1.O=C(c1ccccc1)N1CCc2[nH]nc(-c3ccccc3)c2C1.O=S(=O)(Cc1ccccc1)N1CCc2[nH]nc(-c3ccccc3)c2C1. The van der Waals surface area contributed by atoms with E-state index < -0.39 is 10.0 Å². The van der Waals surface area contributed by atoms with E-state index >= 15 is 0 Å². The summed E-state index contributed by atoms with van der Waals surface area (Å²) in [4.78, 5) is 79.1. The van der Waals surface area contributed by atoms with Crippen molar-refractivity contribution in [3.8, 4) is 73.4 Å². The Balaban J connectivity index is 0.000000115. The van der Waals surface area contributed by atoms with Crippen LogP contribution in [0.25, 0.3) is 67.5 Å². The van der Waals surface area contributed by atoms with E-state index in [1.165, 1.54) is 6.33 Å². The summed E-state index contributed by atoms with van der Waals surface area (Å²) >= 11 is 0. The summed E-state index contributed by atoms with van der Waals surface area (Å²) in [6.07, 6.45) is 7.71. The van der Waals surface area contributed by atoms with Crippen LogP contribution in [0.4, 0.5) is 9.59 Å². The fourth-order valence-corrected chi connectivity index (χ4v) is 18.1. The van der Waals surface area contributed by atoms with Crippen LogP contribution in [0.1, 0.15) is 90.4 Å². The van der Waals surface area contributed by atoms with Crippen LogP contribution >= 0.6 is 0 Å². The van der Waals surface area contributed by atoms with Gasteiger partial charge in [0.25, 0.3) is 11.8 Å². The van der Waals surface area contributed by atoms with Gasteiger partial charge in [-0.25, -0.2) is 28.0 Å². The smallest absolute Gasteiger partial charge is 0.319 e. The van der Waals surface area contributed by atoms with Crippen LogP contribution in [-0.4, -0.2) is 210 Å². The molecule has 7 aromatic heterocycles. The third-order valence-corrected chi connectivity index (χ3v) is 25.4. The van der Waals surface area contributed by atoms with Gasteiger partial charge in [-0.15, -0.1) is 0 Å². The fourth-order valence-electron chi connectivity index (χ4n) is 16.7. The Morgan fingerprint density at radius 3 is 1.07 bits per heavy atom.